The van der Waals surface area contributed by atoms with E-state index in [1.807, 2.05) is 12.1 Å². The highest BCUT2D eigenvalue weighted by molar-refractivity contribution is 7.98. The van der Waals surface area contributed by atoms with Crippen molar-refractivity contribution in [3.05, 3.63) is 82.3 Å². The minimum Gasteiger partial charge on any atom is -0.328 e. The second kappa shape index (κ2) is 7.89. The number of carbonyl (C=O) groups is 1. The summed E-state index contributed by atoms with van der Waals surface area (Å²) in [7, 11) is 0. The van der Waals surface area contributed by atoms with E-state index in [9.17, 15) is 9.18 Å². The maximum atomic E-state index is 13.6. The number of anilines is 1. The van der Waals surface area contributed by atoms with E-state index in [0.29, 0.717) is 23.1 Å². The minimum atomic E-state index is -0.411. The molecule has 1 atom stereocenters. The molecule has 0 saturated carbocycles. The Morgan fingerprint density at radius 1 is 1.16 bits per heavy atom. The summed E-state index contributed by atoms with van der Waals surface area (Å²) >= 11 is 1.57. The summed E-state index contributed by atoms with van der Waals surface area (Å²) in [6, 6.07) is 14.2. The Morgan fingerprint density at radius 2 is 1.91 bits per heavy atom. The number of ketones is 1. The summed E-state index contributed by atoms with van der Waals surface area (Å²) in [5.74, 6) is 1.18. The fourth-order valence-electron chi connectivity index (χ4n) is 4.52. The van der Waals surface area contributed by atoms with Crippen LogP contribution in [0.3, 0.4) is 0 Å². The lowest BCUT2D eigenvalue weighted by Crippen LogP contribution is -2.36. The van der Waals surface area contributed by atoms with Gasteiger partial charge in [0.15, 0.2) is 5.78 Å². The fourth-order valence-corrected chi connectivity index (χ4v) is 5.42. The molecular weight excluding hydrogens is 423 g/mol. The number of halogens is 1. The standard InChI is InChI=1S/C25H25FN4OS/c1-15-6-4-5-7-17(15)14-32-24-28-23-27-19-12-25(2,3)13-20(31)21(19)22(30(23)29-24)16-8-10-18(26)11-9-16/h4-11,22H,12-14H2,1-3H3,(H,27,28,29)/t22-/m1/s1. The Morgan fingerprint density at radius 3 is 2.66 bits per heavy atom. The number of benzene rings is 2. The zero-order chi connectivity index (χ0) is 22.5. The van der Waals surface area contributed by atoms with E-state index in [1.54, 1.807) is 28.6 Å². The van der Waals surface area contributed by atoms with E-state index in [0.717, 1.165) is 23.4 Å². The lowest BCUT2D eigenvalue weighted by Gasteiger charge is -2.38. The van der Waals surface area contributed by atoms with E-state index in [2.05, 4.69) is 38.2 Å². The average molecular weight is 449 g/mol. The van der Waals surface area contributed by atoms with Gasteiger partial charge in [0.05, 0.1) is 0 Å². The molecule has 0 fully saturated rings. The molecule has 5 nitrogen and oxygen atoms in total. The first-order chi connectivity index (χ1) is 15.3. The van der Waals surface area contributed by atoms with Gasteiger partial charge in [0.1, 0.15) is 11.9 Å². The molecule has 0 amide bonds. The predicted molar refractivity (Wildman–Crippen MR) is 124 cm³/mol. The van der Waals surface area contributed by atoms with Gasteiger partial charge < -0.3 is 5.32 Å². The van der Waals surface area contributed by atoms with Gasteiger partial charge in [0, 0.05) is 23.4 Å². The molecule has 0 bridgehead atoms. The van der Waals surface area contributed by atoms with Crippen molar-refractivity contribution >= 4 is 23.5 Å². The Bertz CT molecular complexity index is 1230. The molecule has 2 heterocycles. The largest absolute Gasteiger partial charge is 0.328 e. The van der Waals surface area contributed by atoms with Crippen LogP contribution in [0, 0.1) is 18.2 Å². The van der Waals surface area contributed by atoms with Gasteiger partial charge in [-0.1, -0.05) is 62.0 Å². The van der Waals surface area contributed by atoms with Crippen LogP contribution in [0.1, 0.15) is 49.4 Å². The van der Waals surface area contributed by atoms with Crippen molar-refractivity contribution in [1.29, 1.82) is 0 Å². The number of fused-ring (bicyclic) bond motifs is 1. The first kappa shape index (κ1) is 20.9. The number of aromatic nitrogens is 3. The molecule has 0 radical (unpaired) electrons. The molecule has 0 unspecified atom stereocenters. The Hall–Kier alpha value is -2.93. The molecule has 164 valence electrons. The first-order valence-electron chi connectivity index (χ1n) is 10.7. The number of thioether (sulfide) groups is 1. The van der Waals surface area contributed by atoms with Crippen molar-refractivity contribution in [3.8, 4) is 0 Å². The van der Waals surface area contributed by atoms with Gasteiger partial charge in [-0.15, -0.1) is 5.10 Å². The normalized spacial score (nSPS) is 19.4. The summed E-state index contributed by atoms with van der Waals surface area (Å²) in [5.41, 5.74) is 4.79. The van der Waals surface area contributed by atoms with Gasteiger partial charge in [0.2, 0.25) is 11.1 Å². The van der Waals surface area contributed by atoms with Gasteiger partial charge >= 0.3 is 0 Å². The first-order valence-corrected chi connectivity index (χ1v) is 11.7. The number of allylic oxidation sites excluding steroid dienone is 2. The van der Waals surface area contributed by atoms with Gasteiger partial charge in [-0.3, -0.25) is 4.79 Å². The molecule has 0 saturated heterocycles. The van der Waals surface area contributed by atoms with Crippen molar-refractivity contribution in [3.63, 3.8) is 0 Å². The molecule has 2 aromatic carbocycles. The molecule has 1 aliphatic carbocycles. The van der Waals surface area contributed by atoms with Crippen LogP contribution in [-0.2, 0) is 10.5 Å². The second-order valence-corrected chi connectivity index (χ2v) is 10.2. The van der Waals surface area contributed by atoms with Gasteiger partial charge in [-0.25, -0.2) is 9.07 Å². The number of aryl methyl sites for hydroxylation is 1. The predicted octanol–water partition coefficient (Wildman–Crippen LogP) is 5.68. The second-order valence-electron chi connectivity index (χ2n) is 9.29. The van der Waals surface area contributed by atoms with E-state index in [-0.39, 0.29) is 17.0 Å². The van der Waals surface area contributed by atoms with Crippen LogP contribution in [0.15, 0.2) is 65.0 Å². The third-order valence-electron chi connectivity index (χ3n) is 6.12. The van der Waals surface area contributed by atoms with Gasteiger partial charge in [0.25, 0.3) is 0 Å². The minimum absolute atomic E-state index is 0.105. The summed E-state index contributed by atoms with van der Waals surface area (Å²) in [5, 5.41) is 8.80. The molecular formula is C25H25FN4OS. The number of nitrogens with one attached hydrogen (secondary N) is 1. The molecule has 1 N–H and O–H groups in total. The molecule has 5 rings (SSSR count). The maximum Gasteiger partial charge on any atom is 0.227 e. The third-order valence-corrected chi connectivity index (χ3v) is 7.00. The van der Waals surface area contributed by atoms with Crippen LogP contribution < -0.4 is 5.32 Å². The summed E-state index contributed by atoms with van der Waals surface area (Å²) < 4.78 is 15.4. The van der Waals surface area contributed by atoms with E-state index < -0.39 is 6.04 Å². The summed E-state index contributed by atoms with van der Waals surface area (Å²) in [6.07, 6.45) is 1.23. The maximum absolute atomic E-state index is 13.6. The summed E-state index contributed by atoms with van der Waals surface area (Å²) in [4.78, 5) is 18.0. The summed E-state index contributed by atoms with van der Waals surface area (Å²) in [6.45, 7) is 6.30. The van der Waals surface area contributed by atoms with Gasteiger partial charge in [-0.2, -0.15) is 4.98 Å². The SMILES string of the molecule is Cc1ccccc1CSc1nc2n(n1)[C@H](c1ccc(F)cc1)C1=C(CC(C)(C)CC1=O)N2. The van der Waals surface area contributed by atoms with Crippen molar-refractivity contribution in [2.75, 3.05) is 5.32 Å². The van der Waals surface area contributed by atoms with E-state index >= 15 is 0 Å². The highest BCUT2D eigenvalue weighted by atomic mass is 32.2. The van der Waals surface area contributed by atoms with Crippen molar-refractivity contribution in [2.45, 2.75) is 50.6 Å². The van der Waals surface area contributed by atoms with Crippen molar-refractivity contribution in [2.24, 2.45) is 5.41 Å². The van der Waals surface area contributed by atoms with Crippen LogP contribution in [0.4, 0.5) is 10.3 Å². The van der Waals surface area contributed by atoms with E-state index in [1.165, 1.54) is 23.3 Å². The van der Waals surface area contributed by atoms with Crippen LogP contribution in [0.5, 0.6) is 0 Å². The van der Waals surface area contributed by atoms with Crippen LogP contribution in [0.25, 0.3) is 0 Å². The number of nitrogens with zero attached hydrogens (tertiary/aromatic N) is 3. The monoisotopic (exact) mass is 448 g/mol. The highest BCUT2D eigenvalue weighted by Crippen LogP contribution is 2.45. The zero-order valence-electron chi connectivity index (χ0n) is 18.4. The highest BCUT2D eigenvalue weighted by Gasteiger charge is 2.41. The molecule has 0 spiro atoms. The molecule has 7 heteroatoms. The molecule has 2 aliphatic rings. The van der Waals surface area contributed by atoms with Crippen LogP contribution in [-0.4, -0.2) is 20.5 Å². The van der Waals surface area contributed by atoms with Crippen molar-refractivity contribution < 1.29 is 9.18 Å². The van der Waals surface area contributed by atoms with E-state index in [4.69, 9.17) is 10.1 Å². The quantitative estimate of drug-likeness (QED) is 0.521. The third kappa shape index (κ3) is 3.86. The topological polar surface area (TPSA) is 59.8 Å². The molecule has 1 aliphatic heterocycles. The van der Waals surface area contributed by atoms with Crippen LogP contribution >= 0.6 is 11.8 Å². The number of hydrogen-bond acceptors (Lipinski definition) is 5. The van der Waals surface area contributed by atoms with Crippen molar-refractivity contribution in [1.82, 2.24) is 14.8 Å². The molecule has 32 heavy (non-hydrogen) atoms. The Balaban J connectivity index is 1.53. The molecule has 1 aromatic heterocycles. The lowest BCUT2D eigenvalue weighted by atomic mass is 9.73. The van der Waals surface area contributed by atoms with Gasteiger partial charge in [-0.05, 0) is 47.6 Å². The van der Waals surface area contributed by atoms with Crippen LogP contribution in [0.2, 0.25) is 0 Å². The average Bonchev–Trinajstić information content (AvgIpc) is 3.14. The zero-order valence-corrected chi connectivity index (χ0v) is 19.2. The number of carbonyl (C=O) groups excluding carboxylic acids is 1. The fraction of sp³-hybridized carbons (Fsp3) is 0.320. The smallest absolute Gasteiger partial charge is 0.227 e. The number of rotatable bonds is 4. The molecule has 3 aromatic rings. The number of Topliss-reactive ketones (excluding diaryl/α,β-unsaturated/α-hetero) is 1. The lowest BCUT2D eigenvalue weighted by molar-refractivity contribution is -0.118. The Kier molecular flexibility index (Phi) is 5.16. The number of hydrogen-bond donors (Lipinski definition) is 1. The Labute approximate surface area is 191 Å².